The molecule has 148 valence electrons. The summed E-state index contributed by atoms with van der Waals surface area (Å²) in [5.41, 5.74) is 2.73. The molecule has 1 saturated heterocycles. The van der Waals surface area contributed by atoms with Gasteiger partial charge in [-0.25, -0.2) is 17.9 Å². The molecule has 3 aromatic rings. The molecule has 2 aromatic carbocycles. The van der Waals surface area contributed by atoms with Gasteiger partial charge in [0.2, 0.25) is 10.0 Å². The fourth-order valence-electron chi connectivity index (χ4n) is 3.22. The van der Waals surface area contributed by atoms with E-state index in [-0.39, 0.29) is 17.1 Å². The molecule has 0 saturated carbocycles. The summed E-state index contributed by atoms with van der Waals surface area (Å²) in [6.07, 6.45) is 0. The van der Waals surface area contributed by atoms with Gasteiger partial charge in [-0.05, 0) is 29.3 Å². The third-order valence-electron chi connectivity index (χ3n) is 4.80. The number of hydrogen-bond acceptors (Lipinski definition) is 5. The molecule has 0 spiro atoms. The van der Waals surface area contributed by atoms with Gasteiger partial charge in [0.05, 0.1) is 29.1 Å². The van der Waals surface area contributed by atoms with E-state index in [1.165, 1.54) is 17.7 Å². The van der Waals surface area contributed by atoms with E-state index < -0.39 is 10.0 Å². The lowest BCUT2D eigenvalue weighted by molar-refractivity contribution is 0.0342. The summed E-state index contributed by atoms with van der Waals surface area (Å²) in [6, 6.07) is 12.4. The number of imidazole rings is 1. The van der Waals surface area contributed by atoms with E-state index in [1.54, 1.807) is 6.07 Å². The lowest BCUT2D eigenvalue weighted by Crippen LogP contribution is -2.35. The molecule has 3 N–H and O–H groups in total. The van der Waals surface area contributed by atoms with Gasteiger partial charge in [0.1, 0.15) is 0 Å². The second-order valence-corrected chi connectivity index (χ2v) is 8.58. The molecule has 0 atom stereocenters. The fourth-order valence-corrected chi connectivity index (χ4v) is 4.26. The first-order valence-corrected chi connectivity index (χ1v) is 10.6. The van der Waals surface area contributed by atoms with E-state index in [1.807, 2.05) is 24.3 Å². The smallest absolute Gasteiger partial charge is 0.323 e. The van der Waals surface area contributed by atoms with Crippen LogP contribution in [0.1, 0.15) is 11.1 Å². The third kappa shape index (κ3) is 4.33. The van der Waals surface area contributed by atoms with Crippen molar-refractivity contribution in [3.05, 3.63) is 64.1 Å². The summed E-state index contributed by atoms with van der Waals surface area (Å²) in [7, 11) is -3.68. The van der Waals surface area contributed by atoms with Crippen molar-refractivity contribution in [2.75, 3.05) is 26.3 Å². The number of H-pyrrole nitrogens is 2. The maximum absolute atomic E-state index is 12.6. The summed E-state index contributed by atoms with van der Waals surface area (Å²) >= 11 is 0. The first-order chi connectivity index (χ1) is 13.5. The van der Waals surface area contributed by atoms with Crippen LogP contribution in [-0.2, 0) is 27.8 Å². The summed E-state index contributed by atoms with van der Waals surface area (Å²) in [4.78, 5) is 18.9. The Labute approximate surface area is 162 Å². The maximum Gasteiger partial charge on any atom is 0.323 e. The summed E-state index contributed by atoms with van der Waals surface area (Å²) in [6.45, 7) is 4.45. The Bertz CT molecular complexity index is 1110. The van der Waals surface area contributed by atoms with Gasteiger partial charge < -0.3 is 14.7 Å². The highest BCUT2D eigenvalue weighted by molar-refractivity contribution is 7.89. The van der Waals surface area contributed by atoms with Crippen LogP contribution in [0.3, 0.4) is 0 Å². The Morgan fingerprint density at radius 3 is 2.39 bits per heavy atom. The second-order valence-electron chi connectivity index (χ2n) is 6.82. The number of benzene rings is 2. The van der Waals surface area contributed by atoms with Gasteiger partial charge >= 0.3 is 5.69 Å². The molecule has 0 aliphatic carbocycles. The SMILES string of the molecule is O=c1[nH]c2ccc(S(=O)(=O)NCc3ccc(CN4CCOCC4)cc3)cc2[nH]1. The first-order valence-electron chi connectivity index (χ1n) is 9.09. The Morgan fingerprint density at radius 1 is 0.964 bits per heavy atom. The number of rotatable bonds is 6. The number of nitrogens with one attached hydrogen (secondary N) is 3. The zero-order valence-electron chi connectivity index (χ0n) is 15.3. The number of aromatic amines is 2. The van der Waals surface area contributed by atoms with Crippen molar-refractivity contribution < 1.29 is 13.2 Å². The Hall–Kier alpha value is -2.46. The van der Waals surface area contributed by atoms with Gasteiger partial charge in [-0.15, -0.1) is 0 Å². The molecule has 1 aliphatic heterocycles. The van der Waals surface area contributed by atoms with Crippen molar-refractivity contribution in [2.24, 2.45) is 0 Å². The first kappa shape index (κ1) is 18.9. The van der Waals surface area contributed by atoms with Gasteiger partial charge in [0.15, 0.2) is 0 Å². The molecule has 2 heterocycles. The van der Waals surface area contributed by atoms with Crippen LogP contribution in [-0.4, -0.2) is 49.6 Å². The highest BCUT2D eigenvalue weighted by atomic mass is 32.2. The van der Waals surface area contributed by atoms with Gasteiger partial charge in [0, 0.05) is 26.2 Å². The quantitative estimate of drug-likeness (QED) is 0.574. The van der Waals surface area contributed by atoms with Crippen LogP contribution in [0.5, 0.6) is 0 Å². The van der Waals surface area contributed by atoms with Crippen molar-refractivity contribution in [1.82, 2.24) is 19.6 Å². The topological polar surface area (TPSA) is 107 Å². The van der Waals surface area contributed by atoms with E-state index >= 15 is 0 Å². The van der Waals surface area contributed by atoms with Crippen LogP contribution in [0.25, 0.3) is 11.0 Å². The van der Waals surface area contributed by atoms with Crippen molar-refractivity contribution in [1.29, 1.82) is 0 Å². The molecule has 1 aliphatic rings. The van der Waals surface area contributed by atoms with Gasteiger partial charge in [0.25, 0.3) is 0 Å². The predicted molar refractivity (Wildman–Crippen MR) is 105 cm³/mol. The predicted octanol–water partition coefficient (Wildman–Crippen LogP) is 1.17. The van der Waals surface area contributed by atoms with Crippen LogP contribution in [0, 0.1) is 0 Å². The van der Waals surface area contributed by atoms with Crippen molar-refractivity contribution in [3.8, 4) is 0 Å². The summed E-state index contributed by atoms with van der Waals surface area (Å²) < 4.78 is 33.1. The van der Waals surface area contributed by atoms with E-state index in [2.05, 4.69) is 19.6 Å². The highest BCUT2D eigenvalue weighted by Gasteiger charge is 2.15. The summed E-state index contributed by atoms with van der Waals surface area (Å²) in [5.74, 6) is 0. The maximum atomic E-state index is 12.6. The highest BCUT2D eigenvalue weighted by Crippen LogP contribution is 2.16. The Morgan fingerprint density at radius 2 is 1.64 bits per heavy atom. The number of aromatic nitrogens is 2. The average molecular weight is 402 g/mol. The zero-order chi connectivity index (χ0) is 19.6. The molecular weight excluding hydrogens is 380 g/mol. The molecule has 0 unspecified atom stereocenters. The summed E-state index contributed by atoms with van der Waals surface area (Å²) in [5, 5.41) is 0. The number of morpholine rings is 1. The molecule has 1 aromatic heterocycles. The number of hydrogen-bond donors (Lipinski definition) is 3. The molecular formula is C19H22N4O4S. The molecule has 28 heavy (non-hydrogen) atoms. The Balaban J connectivity index is 1.40. The van der Waals surface area contributed by atoms with Crippen molar-refractivity contribution >= 4 is 21.1 Å². The molecule has 1 fully saturated rings. The van der Waals surface area contributed by atoms with Gasteiger partial charge in [-0.2, -0.15) is 0 Å². The van der Waals surface area contributed by atoms with Gasteiger partial charge in [-0.3, -0.25) is 4.90 Å². The van der Waals surface area contributed by atoms with E-state index in [0.717, 1.165) is 38.4 Å². The number of ether oxygens (including phenoxy) is 1. The second kappa shape index (κ2) is 7.88. The standard InChI is InChI=1S/C19H22N4O4S/c24-19-21-17-6-5-16(11-18(17)22-19)28(25,26)20-12-14-1-3-15(4-2-14)13-23-7-9-27-10-8-23/h1-6,11,20H,7-10,12-13H2,(H2,21,22,24). The lowest BCUT2D eigenvalue weighted by Gasteiger charge is -2.26. The normalized spacial score (nSPS) is 15.9. The van der Waals surface area contributed by atoms with Gasteiger partial charge in [-0.1, -0.05) is 24.3 Å². The number of sulfonamides is 1. The minimum absolute atomic E-state index is 0.110. The minimum atomic E-state index is -3.68. The zero-order valence-corrected chi connectivity index (χ0v) is 16.1. The van der Waals surface area contributed by atoms with Crippen molar-refractivity contribution in [3.63, 3.8) is 0 Å². The van der Waals surface area contributed by atoms with Crippen LogP contribution in [0.15, 0.2) is 52.2 Å². The largest absolute Gasteiger partial charge is 0.379 e. The van der Waals surface area contributed by atoms with E-state index in [0.29, 0.717) is 11.0 Å². The average Bonchev–Trinajstić information content (AvgIpc) is 3.07. The van der Waals surface area contributed by atoms with Crippen LogP contribution >= 0.6 is 0 Å². The van der Waals surface area contributed by atoms with E-state index in [4.69, 9.17) is 4.74 Å². The third-order valence-corrected chi connectivity index (χ3v) is 6.20. The van der Waals surface area contributed by atoms with Crippen LogP contribution in [0.4, 0.5) is 0 Å². The van der Waals surface area contributed by atoms with E-state index in [9.17, 15) is 13.2 Å². The lowest BCUT2D eigenvalue weighted by atomic mass is 10.1. The molecule has 9 heteroatoms. The van der Waals surface area contributed by atoms with Crippen LogP contribution < -0.4 is 10.4 Å². The van der Waals surface area contributed by atoms with Crippen molar-refractivity contribution in [2.45, 2.75) is 18.0 Å². The molecule has 4 rings (SSSR count). The molecule has 0 radical (unpaired) electrons. The Kier molecular flexibility index (Phi) is 5.31. The van der Waals surface area contributed by atoms with Crippen LogP contribution in [0.2, 0.25) is 0 Å². The molecule has 0 bridgehead atoms. The fraction of sp³-hybridized carbons (Fsp3) is 0.316. The monoisotopic (exact) mass is 402 g/mol. The molecule has 8 nitrogen and oxygen atoms in total. The number of fused-ring (bicyclic) bond motifs is 1. The molecule has 0 amide bonds. The number of nitrogens with zero attached hydrogens (tertiary/aromatic N) is 1. The minimum Gasteiger partial charge on any atom is -0.379 e.